The van der Waals surface area contributed by atoms with Gasteiger partial charge in [0, 0.05) is 19.3 Å². The summed E-state index contributed by atoms with van der Waals surface area (Å²) in [6.45, 7) is 0. The standard InChI is InChI=1S/C18H17F2N3O2/c1-22-14(6-7-21-22)10-8-11-2-3-12(9-10)23(11)18(25)13-4-5-15(24)17(20)16(13)19/h4-8,11-12,24H,2-3,9H2,1H3. The fourth-order valence-corrected chi connectivity index (χ4v) is 3.87. The van der Waals surface area contributed by atoms with E-state index in [1.54, 1.807) is 15.8 Å². The molecule has 3 heterocycles. The van der Waals surface area contributed by atoms with Gasteiger partial charge in [-0.15, -0.1) is 0 Å². The van der Waals surface area contributed by atoms with E-state index in [4.69, 9.17) is 0 Å². The predicted molar refractivity (Wildman–Crippen MR) is 86.8 cm³/mol. The van der Waals surface area contributed by atoms with Gasteiger partial charge in [-0.3, -0.25) is 9.48 Å². The molecule has 1 fully saturated rings. The van der Waals surface area contributed by atoms with E-state index < -0.39 is 23.3 Å². The highest BCUT2D eigenvalue weighted by Gasteiger charge is 2.41. The maximum atomic E-state index is 14.1. The second kappa shape index (κ2) is 5.68. The molecule has 4 rings (SSSR count). The van der Waals surface area contributed by atoms with E-state index in [1.807, 2.05) is 19.2 Å². The molecule has 2 atom stereocenters. The Bertz CT molecular complexity index is 890. The van der Waals surface area contributed by atoms with Crippen LogP contribution in [-0.4, -0.2) is 37.8 Å². The first-order valence-corrected chi connectivity index (χ1v) is 8.16. The monoisotopic (exact) mass is 345 g/mol. The summed E-state index contributed by atoms with van der Waals surface area (Å²) in [5, 5.41) is 13.4. The number of carbonyl (C=O) groups excluding carboxylic acids is 1. The Morgan fingerprint density at radius 1 is 1.24 bits per heavy atom. The predicted octanol–water partition coefficient (Wildman–Crippen LogP) is 2.86. The molecule has 1 aromatic carbocycles. The molecule has 2 unspecified atom stereocenters. The summed E-state index contributed by atoms with van der Waals surface area (Å²) in [6.07, 6.45) is 6.01. The third-order valence-corrected chi connectivity index (χ3v) is 5.07. The van der Waals surface area contributed by atoms with E-state index in [9.17, 15) is 18.7 Å². The molecule has 1 amide bonds. The minimum absolute atomic E-state index is 0.0522. The van der Waals surface area contributed by atoms with Crippen LogP contribution in [0, 0.1) is 11.6 Å². The number of aromatic nitrogens is 2. The highest BCUT2D eigenvalue weighted by atomic mass is 19.2. The van der Waals surface area contributed by atoms with Crippen molar-refractivity contribution in [3.8, 4) is 5.75 Å². The van der Waals surface area contributed by atoms with Crippen molar-refractivity contribution in [3.63, 3.8) is 0 Å². The maximum absolute atomic E-state index is 14.1. The molecule has 2 aromatic rings. The smallest absolute Gasteiger partial charge is 0.257 e. The lowest BCUT2D eigenvalue weighted by Crippen LogP contribution is -2.43. The van der Waals surface area contributed by atoms with Crippen LogP contribution >= 0.6 is 0 Å². The molecule has 0 radical (unpaired) electrons. The fraction of sp³-hybridized carbons (Fsp3) is 0.333. The molecule has 25 heavy (non-hydrogen) atoms. The third-order valence-electron chi connectivity index (χ3n) is 5.07. The van der Waals surface area contributed by atoms with Crippen LogP contribution in [0.2, 0.25) is 0 Å². The normalized spacial score (nSPS) is 22.2. The van der Waals surface area contributed by atoms with Crippen LogP contribution in [0.3, 0.4) is 0 Å². The largest absolute Gasteiger partial charge is 0.505 e. The first kappa shape index (κ1) is 15.8. The molecule has 0 aliphatic carbocycles. The number of rotatable bonds is 2. The first-order valence-electron chi connectivity index (χ1n) is 8.16. The highest BCUT2D eigenvalue weighted by Crippen LogP contribution is 2.39. The zero-order valence-corrected chi connectivity index (χ0v) is 13.6. The van der Waals surface area contributed by atoms with Gasteiger partial charge in [0.25, 0.3) is 5.91 Å². The van der Waals surface area contributed by atoms with Gasteiger partial charge in [-0.05, 0) is 43.0 Å². The molecule has 0 saturated carbocycles. The molecule has 7 heteroatoms. The number of benzene rings is 1. The quantitative estimate of drug-likeness (QED) is 0.911. The van der Waals surface area contributed by atoms with Gasteiger partial charge in [0.05, 0.1) is 17.3 Å². The first-order chi connectivity index (χ1) is 12.0. The summed E-state index contributed by atoms with van der Waals surface area (Å²) in [5.74, 6) is -4.02. The average molecular weight is 345 g/mol. The van der Waals surface area contributed by atoms with Crippen LogP contribution < -0.4 is 0 Å². The Morgan fingerprint density at radius 2 is 2.04 bits per heavy atom. The van der Waals surface area contributed by atoms with E-state index in [0.717, 1.165) is 36.2 Å². The van der Waals surface area contributed by atoms with Crippen molar-refractivity contribution >= 4 is 11.5 Å². The Labute approximate surface area is 143 Å². The van der Waals surface area contributed by atoms with E-state index >= 15 is 0 Å². The molecule has 2 bridgehead atoms. The molecule has 130 valence electrons. The number of aromatic hydroxyl groups is 1. The number of phenolic OH excluding ortho intramolecular Hbond substituents is 1. The van der Waals surface area contributed by atoms with Crippen LogP contribution in [0.5, 0.6) is 5.75 Å². The van der Waals surface area contributed by atoms with Crippen LogP contribution in [-0.2, 0) is 7.05 Å². The van der Waals surface area contributed by atoms with Gasteiger partial charge in [-0.25, -0.2) is 4.39 Å². The summed E-state index contributed by atoms with van der Waals surface area (Å²) in [6, 6.07) is 3.87. The van der Waals surface area contributed by atoms with E-state index in [0.29, 0.717) is 6.42 Å². The van der Waals surface area contributed by atoms with Crippen molar-refractivity contribution in [1.29, 1.82) is 0 Å². The molecule has 0 spiro atoms. The highest BCUT2D eigenvalue weighted by molar-refractivity contribution is 5.96. The maximum Gasteiger partial charge on any atom is 0.257 e. The number of aryl methyl sites for hydroxylation is 1. The van der Waals surface area contributed by atoms with Crippen LogP contribution in [0.25, 0.3) is 5.57 Å². The summed E-state index contributed by atoms with van der Waals surface area (Å²) < 4.78 is 29.5. The molecule has 5 nitrogen and oxygen atoms in total. The second-order valence-corrected chi connectivity index (χ2v) is 6.51. The van der Waals surface area contributed by atoms with Crippen LogP contribution in [0.15, 0.2) is 30.5 Å². The molecular weight excluding hydrogens is 328 g/mol. The Kier molecular flexibility index (Phi) is 3.59. The molecule has 2 aliphatic rings. The lowest BCUT2D eigenvalue weighted by molar-refractivity contribution is 0.0686. The molecule has 1 saturated heterocycles. The number of nitrogens with zero attached hydrogens (tertiary/aromatic N) is 3. The van der Waals surface area contributed by atoms with Gasteiger partial charge in [0.15, 0.2) is 11.6 Å². The van der Waals surface area contributed by atoms with Crippen molar-refractivity contribution in [2.24, 2.45) is 7.05 Å². The number of hydrogen-bond donors (Lipinski definition) is 1. The van der Waals surface area contributed by atoms with Crippen molar-refractivity contribution in [2.45, 2.75) is 31.3 Å². The van der Waals surface area contributed by atoms with Crippen LogP contribution in [0.1, 0.15) is 35.3 Å². The zero-order chi connectivity index (χ0) is 17.7. The number of halogens is 2. The zero-order valence-electron chi connectivity index (χ0n) is 13.6. The van der Waals surface area contributed by atoms with Crippen molar-refractivity contribution in [2.75, 3.05) is 0 Å². The summed E-state index contributed by atoms with van der Waals surface area (Å²) in [5.41, 5.74) is 1.78. The Morgan fingerprint density at radius 3 is 2.72 bits per heavy atom. The molecule has 1 aromatic heterocycles. The number of phenols is 1. The Hall–Kier alpha value is -2.70. The van der Waals surface area contributed by atoms with Gasteiger partial charge >= 0.3 is 0 Å². The Balaban J connectivity index is 1.67. The molecular formula is C18H17F2N3O2. The van der Waals surface area contributed by atoms with Gasteiger partial charge in [0.2, 0.25) is 5.82 Å². The SMILES string of the molecule is Cn1nccc1C1=CC2CCC(C1)N2C(=O)c1ccc(O)c(F)c1F. The minimum Gasteiger partial charge on any atom is -0.505 e. The lowest BCUT2D eigenvalue weighted by atomic mass is 9.97. The number of amides is 1. The van der Waals surface area contributed by atoms with Crippen molar-refractivity contribution in [1.82, 2.24) is 14.7 Å². The topological polar surface area (TPSA) is 58.4 Å². The lowest BCUT2D eigenvalue weighted by Gasteiger charge is -2.34. The van der Waals surface area contributed by atoms with E-state index in [1.165, 1.54) is 0 Å². The molecule has 2 aliphatic heterocycles. The molecule has 1 N–H and O–H groups in total. The summed E-state index contributed by atoms with van der Waals surface area (Å²) >= 11 is 0. The minimum atomic E-state index is -1.39. The summed E-state index contributed by atoms with van der Waals surface area (Å²) in [7, 11) is 1.87. The van der Waals surface area contributed by atoms with Crippen molar-refractivity contribution in [3.05, 3.63) is 53.4 Å². The van der Waals surface area contributed by atoms with Crippen LogP contribution in [0.4, 0.5) is 8.78 Å². The number of hydrogen-bond acceptors (Lipinski definition) is 3. The van der Waals surface area contributed by atoms with Gasteiger partial charge in [-0.2, -0.15) is 9.49 Å². The van der Waals surface area contributed by atoms with Gasteiger partial charge in [0.1, 0.15) is 0 Å². The van der Waals surface area contributed by atoms with Gasteiger partial charge in [-0.1, -0.05) is 6.08 Å². The van der Waals surface area contributed by atoms with E-state index in [-0.39, 0.29) is 17.6 Å². The third kappa shape index (κ3) is 2.42. The fourth-order valence-electron chi connectivity index (χ4n) is 3.87. The average Bonchev–Trinajstić information content (AvgIpc) is 3.13. The number of carbonyl (C=O) groups is 1. The summed E-state index contributed by atoms with van der Waals surface area (Å²) in [4.78, 5) is 14.4. The van der Waals surface area contributed by atoms with Gasteiger partial charge < -0.3 is 10.0 Å². The van der Waals surface area contributed by atoms with E-state index in [2.05, 4.69) is 5.10 Å². The second-order valence-electron chi connectivity index (χ2n) is 6.51. The number of fused-ring (bicyclic) bond motifs is 2. The van der Waals surface area contributed by atoms with Crippen molar-refractivity contribution < 1.29 is 18.7 Å².